The first-order valence-electron chi connectivity index (χ1n) is 6.64. The number of hydrogen-bond donors (Lipinski definition) is 2. The topological polar surface area (TPSA) is 41.8 Å². The predicted molar refractivity (Wildman–Crippen MR) is 73.8 cm³/mol. The highest BCUT2D eigenvalue weighted by Gasteiger charge is 2.52. The Morgan fingerprint density at radius 1 is 1.12 bits per heavy atom. The molecule has 0 amide bonds. The number of aromatic amines is 1. The molecule has 4 aliphatic carbocycles. The van der Waals surface area contributed by atoms with Gasteiger partial charge in [-0.05, 0) is 68.5 Å². The summed E-state index contributed by atoms with van der Waals surface area (Å²) in [5, 5.41) is 0.956. The van der Waals surface area contributed by atoms with Crippen molar-refractivity contribution in [1.82, 2.24) is 4.98 Å². The van der Waals surface area contributed by atoms with Crippen molar-refractivity contribution in [3.63, 3.8) is 0 Å². The van der Waals surface area contributed by atoms with Crippen molar-refractivity contribution in [3.8, 4) is 0 Å². The highest BCUT2D eigenvalue weighted by molar-refractivity contribution is 7.73. The van der Waals surface area contributed by atoms with Gasteiger partial charge in [-0.2, -0.15) is 0 Å². The Hall–Kier alpha value is -0.350. The third-order valence-corrected chi connectivity index (χ3v) is 6.31. The molecule has 0 aromatic carbocycles. The molecule has 1 heterocycles. The van der Waals surface area contributed by atoms with Crippen LogP contribution in [0.1, 0.15) is 44.2 Å². The largest absolute Gasteiger partial charge is 0.389 e. The fourth-order valence-corrected chi connectivity index (χ4v) is 6.24. The van der Waals surface area contributed by atoms with E-state index >= 15 is 0 Å². The number of thiazole rings is 1. The number of H-pyrrole nitrogens is 1. The van der Waals surface area contributed by atoms with Gasteiger partial charge in [0.25, 0.3) is 0 Å². The zero-order valence-corrected chi connectivity index (χ0v) is 11.5. The van der Waals surface area contributed by atoms with E-state index in [9.17, 15) is 0 Å². The van der Waals surface area contributed by atoms with Gasteiger partial charge in [0, 0.05) is 5.41 Å². The van der Waals surface area contributed by atoms with Gasteiger partial charge in [-0.25, -0.2) is 0 Å². The molecule has 0 spiro atoms. The summed E-state index contributed by atoms with van der Waals surface area (Å²) >= 11 is 6.81. The van der Waals surface area contributed by atoms with Crippen molar-refractivity contribution in [2.45, 2.75) is 43.9 Å². The normalized spacial score (nSPS) is 43.2. The van der Waals surface area contributed by atoms with Crippen molar-refractivity contribution in [2.75, 3.05) is 5.73 Å². The molecule has 4 bridgehead atoms. The van der Waals surface area contributed by atoms with Crippen LogP contribution >= 0.6 is 23.6 Å². The van der Waals surface area contributed by atoms with E-state index in [0.717, 1.165) is 26.7 Å². The first kappa shape index (κ1) is 10.6. The number of rotatable bonds is 1. The van der Waals surface area contributed by atoms with E-state index in [2.05, 4.69) is 4.98 Å². The summed E-state index contributed by atoms with van der Waals surface area (Å²) in [7, 11) is 0. The summed E-state index contributed by atoms with van der Waals surface area (Å²) in [6.45, 7) is 0. The number of nitrogens with two attached hydrogens (primary N) is 1. The minimum atomic E-state index is 0.367. The van der Waals surface area contributed by atoms with E-state index in [1.807, 2.05) is 0 Å². The maximum absolute atomic E-state index is 6.18. The molecule has 3 N–H and O–H groups in total. The van der Waals surface area contributed by atoms with Crippen LogP contribution in [0.2, 0.25) is 0 Å². The second kappa shape index (κ2) is 3.35. The third-order valence-electron chi connectivity index (χ3n) is 5.24. The molecular formula is C13H18N2S2. The van der Waals surface area contributed by atoms with Gasteiger partial charge in [-0.15, -0.1) is 0 Å². The lowest BCUT2D eigenvalue weighted by Gasteiger charge is -2.56. The van der Waals surface area contributed by atoms with Crippen LogP contribution in [0.25, 0.3) is 0 Å². The lowest BCUT2D eigenvalue weighted by Crippen LogP contribution is -2.48. The van der Waals surface area contributed by atoms with E-state index < -0.39 is 0 Å². The second-order valence-corrected chi connectivity index (χ2v) is 8.17. The van der Waals surface area contributed by atoms with Gasteiger partial charge in [0.15, 0.2) is 3.95 Å². The molecule has 0 atom stereocenters. The number of hydrogen-bond acceptors (Lipinski definition) is 3. The Balaban J connectivity index is 1.82. The van der Waals surface area contributed by atoms with Gasteiger partial charge in [-0.1, -0.05) is 11.3 Å². The van der Waals surface area contributed by atoms with Gasteiger partial charge >= 0.3 is 0 Å². The van der Waals surface area contributed by atoms with Crippen molar-refractivity contribution >= 4 is 28.6 Å². The molecule has 0 unspecified atom stereocenters. The lowest BCUT2D eigenvalue weighted by molar-refractivity contribution is -0.00660. The Morgan fingerprint density at radius 2 is 1.65 bits per heavy atom. The molecule has 4 saturated carbocycles. The Labute approximate surface area is 111 Å². The molecule has 1 aromatic heterocycles. The molecule has 4 aliphatic rings. The molecule has 92 valence electrons. The molecule has 4 heteroatoms. The molecule has 2 nitrogen and oxygen atoms in total. The van der Waals surface area contributed by atoms with Crippen LogP contribution in [0.5, 0.6) is 0 Å². The highest BCUT2D eigenvalue weighted by Crippen LogP contribution is 2.61. The quantitative estimate of drug-likeness (QED) is 0.758. The van der Waals surface area contributed by atoms with E-state index in [-0.39, 0.29) is 0 Å². The van der Waals surface area contributed by atoms with E-state index in [1.54, 1.807) is 11.3 Å². The molecule has 0 saturated heterocycles. The zero-order chi connectivity index (χ0) is 11.6. The van der Waals surface area contributed by atoms with Crippen molar-refractivity contribution in [1.29, 1.82) is 0 Å². The SMILES string of the molecule is Nc1sc(=S)[nH]c1C12CC3CC(CC(C3)C1)C2. The van der Waals surface area contributed by atoms with Gasteiger partial charge in [0.05, 0.1) is 5.69 Å². The Morgan fingerprint density at radius 3 is 2.06 bits per heavy atom. The average Bonchev–Trinajstić information content (AvgIpc) is 2.56. The Bertz CT molecular complexity index is 478. The van der Waals surface area contributed by atoms with Crippen LogP contribution in [0.3, 0.4) is 0 Å². The predicted octanol–water partition coefficient (Wildman–Crippen LogP) is 3.86. The minimum Gasteiger partial charge on any atom is -0.389 e. The maximum Gasteiger partial charge on any atom is 0.160 e. The summed E-state index contributed by atoms with van der Waals surface area (Å²) in [5.41, 5.74) is 7.85. The van der Waals surface area contributed by atoms with Crippen LogP contribution in [0.15, 0.2) is 0 Å². The lowest BCUT2D eigenvalue weighted by atomic mass is 9.49. The summed E-state index contributed by atoms with van der Waals surface area (Å²) < 4.78 is 0.855. The fraction of sp³-hybridized carbons (Fsp3) is 0.769. The number of nitrogens with one attached hydrogen (secondary N) is 1. The van der Waals surface area contributed by atoms with E-state index in [1.165, 1.54) is 44.2 Å². The van der Waals surface area contributed by atoms with Gasteiger partial charge < -0.3 is 10.7 Å². The average molecular weight is 266 g/mol. The zero-order valence-electron chi connectivity index (χ0n) is 9.87. The van der Waals surface area contributed by atoms with Crippen LogP contribution in [-0.2, 0) is 5.41 Å². The highest BCUT2D eigenvalue weighted by atomic mass is 32.1. The minimum absolute atomic E-state index is 0.367. The summed E-state index contributed by atoms with van der Waals surface area (Å²) in [6.07, 6.45) is 8.49. The van der Waals surface area contributed by atoms with Crippen LogP contribution in [0.4, 0.5) is 5.00 Å². The number of anilines is 1. The Kier molecular flexibility index (Phi) is 2.08. The fourth-order valence-electron chi connectivity index (χ4n) is 5.15. The first-order chi connectivity index (χ1) is 8.14. The van der Waals surface area contributed by atoms with Crippen LogP contribution in [-0.4, -0.2) is 4.98 Å². The standard InChI is InChI=1S/C13H18N2S2/c14-11-10(15-12(16)17-11)13-4-7-1-8(5-13)3-9(2-7)6-13/h7-9H,1-6,14H2,(H,15,16). The van der Waals surface area contributed by atoms with Crippen molar-refractivity contribution < 1.29 is 0 Å². The molecule has 5 rings (SSSR count). The molecule has 17 heavy (non-hydrogen) atoms. The maximum atomic E-state index is 6.18. The first-order valence-corrected chi connectivity index (χ1v) is 7.86. The van der Waals surface area contributed by atoms with Gasteiger partial charge in [0.1, 0.15) is 5.00 Å². The summed E-state index contributed by atoms with van der Waals surface area (Å²) in [4.78, 5) is 3.41. The summed E-state index contributed by atoms with van der Waals surface area (Å²) in [6, 6.07) is 0. The number of nitrogen functional groups attached to an aromatic ring is 1. The van der Waals surface area contributed by atoms with Crippen LogP contribution < -0.4 is 5.73 Å². The van der Waals surface area contributed by atoms with Crippen LogP contribution in [0, 0.1) is 21.7 Å². The molecule has 1 aromatic rings. The third kappa shape index (κ3) is 1.46. The molecule has 0 radical (unpaired) electrons. The van der Waals surface area contributed by atoms with E-state index in [0.29, 0.717) is 5.41 Å². The monoisotopic (exact) mass is 266 g/mol. The second-order valence-electron chi connectivity index (χ2n) is 6.45. The molecular weight excluding hydrogens is 248 g/mol. The smallest absolute Gasteiger partial charge is 0.160 e. The van der Waals surface area contributed by atoms with Crippen molar-refractivity contribution in [2.24, 2.45) is 17.8 Å². The van der Waals surface area contributed by atoms with Gasteiger partial charge in [-0.3, -0.25) is 0 Å². The number of aromatic nitrogens is 1. The van der Waals surface area contributed by atoms with Gasteiger partial charge in [0.2, 0.25) is 0 Å². The molecule has 0 aliphatic heterocycles. The van der Waals surface area contributed by atoms with E-state index in [4.69, 9.17) is 18.0 Å². The molecule has 4 fully saturated rings. The summed E-state index contributed by atoms with van der Waals surface area (Å²) in [5.74, 6) is 2.88. The van der Waals surface area contributed by atoms with Crippen molar-refractivity contribution in [3.05, 3.63) is 9.65 Å².